The number of Topliss-reactive ketones (excluding diaryl/α,β-unsaturated/α-hetero) is 1. The van der Waals surface area contributed by atoms with E-state index >= 15 is 0 Å². The number of aromatic nitrogens is 1. The third kappa shape index (κ3) is 3.41. The average Bonchev–Trinajstić information content (AvgIpc) is 2.39. The molecule has 2 aromatic rings. The number of hydrogen-bond acceptors (Lipinski definition) is 3. The molecule has 0 saturated carbocycles. The molecule has 3 nitrogen and oxygen atoms in total. The number of carbonyl (C=O) groups is 1. The lowest BCUT2D eigenvalue weighted by Gasteiger charge is -2.06. The largest absolute Gasteiger partial charge is 0.496 e. The van der Waals surface area contributed by atoms with Crippen LogP contribution in [-0.2, 0) is 6.42 Å². The number of benzene rings is 1. The van der Waals surface area contributed by atoms with Gasteiger partial charge in [0.15, 0.2) is 5.78 Å². The Kier molecular flexibility index (Phi) is 4.32. The molecule has 0 fully saturated rings. The molecule has 0 N–H and O–H groups in total. The van der Waals surface area contributed by atoms with Crippen LogP contribution in [0.1, 0.15) is 21.6 Å². The number of carbonyl (C=O) groups excluding carboxylic acids is 1. The highest BCUT2D eigenvalue weighted by molar-refractivity contribution is 9.10. The van der Waals surface area contributed by atoms with Crippen molar-refractivity contribution in [3.63, 3.8) is 0 Å². The van der Waals surface area contributed by atoms with Crippen molar-refractivity contribution < 1.29 is 9.53 Å². The molecule has 0 spiro atoms. The molecule has 0 radical (unpaired) electrons. The summed E-state index contributed by atoms with van der Waals surface area (Å²) in [6.45, 7) is 1.88. The van der Waals surface area contributed by atoms with Crippen molar-refractivity contribution in [1.82, 2.24) is 4.98 Å². The van der Waals surface area contributed by atoms with Gasteiger partial charge in [0.05, 0.1) is 11.6 Å². The molecule has 1 heterocycles. The highest BCUT2D eigenvalue weighted by atomic mass is 79.9. The monoisotopic (exact) mass is 319 g/mol. The zero-order chi connectivity index (χ0) is 13.8. The summed E-state index contributed by atoms with van der Waals surface area (Å²) < 4.78 is 6.02. The maximum atomic E-state index is 12.2. The summed E-state index contributed by atoms with van der Waals surface area (Å²) in [6.07, 6.45) is 2.03. The van der Waals surface area contributed by atoms with E-state index in [1.165, 1.54) is 0 Å². The van der Waals surface area contributed by atoms with Crippen LogP contribution in [0.4, 0.5) is 0 Å². The fourth-order valence-corrected chi connectivity index (χ4v) is 2.41. The summed E-state index contributed by atoms with van der Waals surface area (Å²) in [4.78, 5) is 16.2. The number of halogens is 1. The maximum Gasteiger partial charge on any atom is 0.167 e. The molecule has 1 aromatic carbocycles. The zero-order valence-electron chi connectivity index (χ0n) is 10.8. The molecule has 4 heteroatoms. The lowest BCUT2D eigenvalue weighted by atomic mass is 10.0. The van der Waals surface area contributed by atoms with Gasteiger partial charge in [-0.1, -0.05) is 6.07 Å². The van der Waals surface area contributed by atoms with Crippen LogP contribution >= 0.6 is 15.9 Å². The third-order valence-corrected chi connectivity index (χ3v) is 3.42. The van der Waals surface area contributed by atoms with E-state index in [2.05, 4.69) is 20.9 Å². The van der Waals surface area contributed by atoms with Gasteiger partial charge in [-0.25, -0.2) is 0 Å². The minimum Gasteiger partial charge on any atom is -0.496 e. The summed E-state index contributed by atoms with van der Waals surface area (Å²) >= 11 is 3.42. The van der Waals surface area contributed by atoms with Gasteiger partial charge in [0.2, 0.25) is 0 Å². The van der Waals surface area contributed by atoms with Crippen LogP contribution in [0, 0.1) is 6.92 Å². The predicted molar refractivity (Wildman–Crippen MR) is 77.7 cm³/mol. The van der Waals surface area contributed by atoms with Crippen molar-refractivity contribution in [2.75, 3.05) is 7.11 Å². The number of hydrogen-bond donors (Lipinski definition) is 0. The van der Waals surface area contributed by atoms with Gasteiger partial charge in [-0.15, -0.1) is 0 Å². The van der Waals surface area contributed by atoms with Gasteiger partial charge in [0, 0.05) is 23.9 Å². The maximum absolute atomic E-state index is 12.2. The zero-order valence-corrected chi connectivity index (χ0v) is 12.4. The van der Waals surface area contributed by atoms with E-state index < -0.39 is 0 Å². The molecule has 1 aromatic heterocycles. The van der Waals surface area contributed by atoms with Gasteiger partial charge in [-0.3, -0.25) is 9.78 Å². The summed E-state index contributed by atoms with van der Waals surface area (Å²) in [7, 11) is 1.62. The molecule has 0 aliphatic carbocycles. The average molecular weight is 320 g/mol. The molecule has 0 amide bonds. The second kappa shape index (κ2) is 5.97. The highest BCUT2D eigenvalue weighted by Crippen LogP contribution is 2.26. The number of methoxy groups -OCH3 is 1. The first kappa shape index (κ1) is 13.7. The molecular weight excluding hydrogens is 306 g/mol. The van der Waals surface area contributed by atoms with Crippen molar-refractivity contribution >= 4 is 21.7 Å². The van der Waals surface area contributed by atoms with Crippen LogP contribution in [0.5, 0.6) is 5.75 Å². The number of aryl methyl sites for hydroxylation is 1. The predicted octanol–water partition coefficient (Wildman–Crippen LogP) is 3.59. The molecule has 19 heavy (non-hydrogen) atoms. The third-order valence-electron chi connectivity index (χ3n) is 2.80. The molecule has 0 unspecified atom stereocenters. The Labute approximate surface area is 120 Å². The Bertz CT molecular complexity index is 611. The van der Waals surface area contributed by atoms with Crippen LogP contribution in [0.25, 0.3) is 0 Å². The summed E-state index contributed by atoms with van der Waals surface area (Å²) in [5, 5.41) is 0. The number of ether oxygens (including phenoxy) is 1. The van der Waals surface area contributed by atoms with Crippen molar-refractivity contribution in [3.8, 4) is 5.75 Å². The van der Waals surface area contributed by atoms with Crippen LogP contribution in [0.2, 0.25) is 0 Å². The molecule has 0 aliphatic rings. The Morgan fingerprint density at radius 3 is 2.74 bits per heavy atom. The van der Waals surface area contributed by atoms with Crippen molar-refractivity contribution in [2.45, 2.75) is 13.3 Å². The van der Waals surface area contributed by atoms with Crippen molar-refractivity contribution in [1.29, 1.82) is 0 Å². The minimum atomic E-state index is 0.0857. The first-order valence-corrected chi connectivity index (χ1v) is 6.67. The second-order valence-electron chi connectivity index (χ2n) is 4.25. The van der Waals surface area contributed by atoms with Crippen LogP contribution in [0.3, 0.4) is 0 Å². The van der Waals surface area contributed by atoms with Gasteiger partial charge in [-0.2, -0.15) is 0 Å². The Morgan fingerprint density at radius 1 is 1.32 bits per heavy atom. The molecule has 0 aliphatic heterocycles. The SMILES string of the molecule is COc1ccc(CC(=O)c2ccnc(C)c2)cc1Br. The van der Waals surface area contributed by atoms with E-state index in [4.69, 9.17) is 4.74 Å². The van der Waals surface area contributed by atoms with Crippen LogP contribution < -0.4 is 4.74 Å². The number of pyridine rings is 1. The Balaban J connectivity index is 2.17. The van der Waals surface area contributed by atoms with Crippen LogP contribution in [-0.4, -0.2) is 17.9 Å². The lowest BCUT2D eigenvalue weighted by molar-refractivity contribution is 0.0992. The van der Waals surface area contributed by atoms with Gasteiger partial charge >= 0.3 is 0 Å². The topological polar surface area (TPSA) is 39.2 Å². The quantitative estimate of drug-likeness (QED) is 0.808. The van der Waals surface area contributed by atoms with Gasteiger partial charge in [0.25, 0.3) is 0 Å². The first-order valence-electron chi connectivity index (χ1n) is 5.88. The first-order chi connectivity index (χ1) is 9.10. The normalized spacial score (nSPS) is 10.3. The molecule has 0 atom stereocenters. The molecule has 0 saturated heterocycles. The smallest absolute Gasteiger partial charge is 0.167 e. The molecular formula is C15H14BrNO2. The number of rotatable bonds is 4. The van der Waals surface area contributed by atoms with Gasteiger partial charge < -0.3 is 4.74 Å². The summed E-state index contributed by atoms with van der Waals surface area (Å²) in [5.41, 5.74) is 2.49. The van der Waals surface area contributed by atoms with Crippen molar-refractivity contribution in [3.05, 3.63) is 57.8 Å². The molecule has 2 rings (SSSR count). The highest BCUT2D eigenvalue weighted by Gasteiger charge is 2.09. The fraction of sp³-hybridized carbons (Fsp3) is 0.200. The summed E-state index contributed by atoms with van der Waals surface area (Å²) in [6, 6.07) is 9.21. The van der Waals surface area contributed by atoms with Crippen LogP contribution in [0.15, 0.2) is 41.0 Å². The van der Waals surface area contributed by atoms with Crippen molar-refractivity contribution in [2.24, 2.45) is 0 Å². The van der Waals surface area contributed by atoms with E-state index in [1.807, 2.05) is 25.1 Å². The Hall–Kier alpha value is -1.68. The lowest BCUT2D eigenvalue weighted by Crippen LogP contribution is -2.04. The standard InChI is InChI=1S/C15H14BrNO2/c1-10-7-12(5-6-17-10)14(18)9-11-3-4-15(19-2)13(16)8-11/h3-8H,9H2,1-2H3. The molecule has 0 bridgehead atoms. The van der Waals surface area contributed by atoms with E-state index in [0.717, 1.165) is 21.5 Å². The van der Waals surface area contributed by atoms with E-state index in [0.29, 0.717) is 12.0 Å². The summed E-state index contributed by atoms with van der Waals surface area (Å²) in [5.74, 6) is 0.846. The number of nitrogens with zero attached hydrogens (tertiary/aromatic N) is 1. The van der Waals surface area contributed by atoms with E-state index in [-0.39, 0.29) is 5.78 Å². The molecule has 98 valence electrons. The second-order valence-corrected chi connectivity index (χ2v) is 5.11. The minimum absolute atomic E-state index is 0.0857. The fourth-order valence-electron chi connectivity index (χ4n) is 1.83. The van der Waals surface area contributed by atoms with E-state index in [9.17, 15) is 4.79 Å². The van der Waals surface area contributed by atoms with E-state index in [1.54, 1.807) is 25.4 Å². The van der Waals surface area contributed by atoms with Gasteiger partial charge in [0.1, 0.15) is 5.75 Å². The van der Waals surface area contributed by atoms with Gasteiger partial charge in [-0.05, 0) is 52.7 Å². The number of ketones is 1. The Morgan fingerprint density at radius 2 is 2.11 bits per heavy atom.